The van der Waals surface area contributed by atoms with Gasteiger partial charge in [-0.05, 0) is 36.2 Å². The van der Waals surface area contributed by atoms with E-state index in [4.69, 9.17) is 5.11 Å². The number of hydrogen-bond acceptors (Lipinski definition) is 4. The maximum atomic E-state index is 12.7. The summed E-state index contributed by atoms with van der Waals surface area (Å²) in [6.07, 6.45) is 0. The third kappa shape index (κ3) is 2.87. The van der Waals surface area contributed by atoms with Crippen LogP contribution in [-0.4, -0.2) is 35.8 Å². The number of carboxylic acid groups (broad SMARTS) is 1. The molecule has 0 spiro atoms. The lowest BCUT2D eigenvalue weighted by Gasteiger charge is -2.17. The monoisotopic (exact) mass is 328 g/mol. The van der Waals surface area contributed by atoms with Crippen LogP contribution in [0.4, 0.5) is 0 Å². The van der Waals surface area contributed by atoms with Crippen molar-refractivity contribution in [1.29, 1.82) is 0 Å². The summed E-state index contributed by atoms with van der Waals surface area (Å²) in [6.45, 7) is 3.31. The van der Waals surface area contributed by atoms with Gasteiger partial charge in [0.1, 0.15) is 10.6 Å². The van der Waals surface area contributed by atoms with Gasteiger partial charge in [0.25, 0.3) is 0 Å². The van der Waals surface area contributed by atoms with Gasteiger partial charge >= 0.3 is 5.97 Å². The van der Waals surface area contributed by atoms with Crippen LogP contribution in [0, 0.1) is 13.8 Å². The molecule has 2 rings (SSSR count). The lowest BCUT2D eigenvalue weighted by atomic mass is 10.2. The lowest BCUT2D eigenvalue weighted by Crippen LogP contribution is -2.27. The Morgan fingerprint density at radius 1 is 1.43 bits per heavy atom. The minimum absolute atomic E-state index is 0.0395. The number of aryl methyl sites for hydroxylation is 1. The highest BCUT2D eigenvalue weighted by atomic mass is 32.2. The second kappa shape index (κ2) is 5.63. The van der Waals surface area contributed by atoms with Crippen molar-refractivity contribution in [2.45, 2.75) is 25.3 Å². The predicted octanol–water partition coefficient (Wildman–Crippen LogP) is 2.21. The highest BCUT2D eigenvalue weighted by Gasteiger charge is 2.29. The predicted molar refractivity (Wildman–Crippen MR) is 80.2 cm³/mol. The Balaban J connectivity index is 2.42. The van der Waals surface area contributed by atoms with Crippen LogP contribution in [0.3, 0.4) is 0 Å². The standard InChI is InChI=1S/C13H16N2O4S2/c1-8-11(13(16)17)14-9(2)12(8)21(18,19)15(3)6-10-4-5-20-7-10/h4-5,7,14H,6H2,1-3H3,(H,16,17). The molecule has 2 heterocycles. The van der Waals surface area contributed by atoms with Gasteiger partial charge in [-0.1, -0.05) is 0 Å². The van der Waals surface area contributed by atoms with Gasteiger partial charge in [-0.2, -0.15) is 15.6 Å². The zero-order chi connectivity index (χ0) is 15.8. The topological polar surface area (TPSA) is 90.5 Å². The summed E-state index contributed by atoms with van der Waals surface area (Å²) in [5, 5.41) is 12.8. The number of rotatable bonds is 5. The molecule has 0 saturated heterocycles. The molecule has 0 aliphatic heterocycles. The number of sulfonamides is 1. The third-order valence-corrected chi connectivity index (χ3v) is 6.05. The van der Waals surface area contributed by atoms with Gasteiger partial charge in [-0.25, -0.2) is 13.2 Å². The molecule has 2 aromatic rings. The van der Waals surface area contributed by atoms with Crippen LogP contribution in [-0.2, 0) is 16.6 Å². The van der Waals surface area contributed by atoms with Crippen molar-refractivity contribution >= 4 is 27.3 Å². The molecule has 0 saturated carbocycles. The molecule has 2 N–H and O–H groups in total. The molecule has 2 aromatic heterocycles. The van der Waals surface area contributed by atoms with Crippen molar-refractivity contribution in [1.82, 2.24) is 9.29 Å². The number of nitrogens with one attached hydrogen (secondary N) is 1. The van der Waals surface area contributed by atoms with Gasteiger partial charge in [0.15, 0.2) is 0 Å². The maximum Gasteiger partial charge on any atom is 0.352 e. The highest BCUT2D eigenvalue weighted by Crippen LogP contribution is 2.26. The Morgan fingerprint density at radius 2 is 2.10 bits per heavy atom. The number of carbonyl (C=O) groups is 1. The Morgan fingerprint density at radius 3 is 2.57 bits per heavy atom. The molecule has 0 unspecified atom stereocenters. The first kappa shape index (κ1) is 15.7. The van der Waals surface area contributed by atoms with E-state index < -0.39 is 16.0 Å². The van der Waals surface area contributed by atoms with E-state index in [1.807, 2.05) is 16.8 Å². The first-order chi connectivity index (χ1) is 9.75. The number of aromatic amines is 1. The van der Waals surface area contributed by atoms with E-state index in [2.05, 4.69) is 4.98 Å². The molecule has 21 heavy (non-hydrogen) atoms. The van der Waals surface area contributed by atoms with Crippen LogP contribution in [0.15, 0.2) is 21.7 Å². The first-order valence-corrected chi connectivity index (χ1v) is 8.53. The van der Waals surface area contributed by atoms with Crippen molar-refractivity contribution in [2.24, 2.45) is 0 Å². The van der Waals surface area contributed by atoms with E-state index in [1.54, 1.807) is 6.92 Å². The zero-order valence-electron chi connectivity index (χ0n) is 11.9. The molecular weight excluding hydrogens is 312 g/mol. The molecule has 0 atom stereocenters. The fraction of sp³-hybridized carbons (Fsp3) is 0.308. The Kier molecular flexibility index (Phi) is 4.22. The minimum atomic E-state index is -3.75. The third-order valence-electron chi connectivity index (χ3n) is 3.24. The minimum Gasteiger partial charge on any atom is -0.477 e. The zero-order valence-corrected chi connectivity index (χ0v) is 13.5. The van der Waals surface area contributed by atoms with Gasteiger partial charge in [0.05, 0.1) is 0 Å². The van der Waals surface area contributed by atoms with Gasteiger partial charge in [-0.3, -0.25) is 0 Å². The maximum absolute atomic E-state index is 12.7. The molecule has 0 radical (unpaired) electrons. The summed E-state index contributed by atoms with van der Waals surface area (Å²) in [5.74, 6) is -1.17. The number of aromatic carboxylic acids is 1. The summed E-state index contributed by atoms with van der Waals surface area (Å²) in [5.41, 5.74) is 1.38. The van der Waals surface area contributed by atoms with Gasteiger partial charge in [0.2, 0.25) is 10.0 Å². The number of hydrogen-bond donors (Lipinski definition) is 2. The van der Waals surface area contributed by atoms with Gasteiger partial charge < -0.3 is 10.1 Å². The van der Waals surface area contributed by atoms with Gasteiger partial charge in [0, 0.05) is 24.8 Å². The molecule has 8 heteroatoms. The van der Waals surface area contributed by atoms with Crippen LogP contribution in [0.2, 0.25) is 0 Å². The first-order valence-electron chi connectivity index (χ1n) is 6.15. The Bertz CT molecular complexity index is 760. The average molecular weight is 328 g/mol. The Hall–Kier alpha value is -1.64. The number of carboxylic acids is 1. The number of aromatic nitrogens is 1. The molecule has 0 bridgehead atoms. The largest absolute Gasteiger partial charge is 0.477 e. The molecule has 0 aromatic carbocycles. The average Bonchev–Trinajstić information content (AvgIpc) is 2.97. The SMILES string of the molecule is Cc1[nH]c(C(=O)O)c(C)c1S(=O)(=O)N(C)Cc1ccsc1. The lowest BCUT2D eigenvalue weighted by molar-refractivity contribution is 0.0690. The smallest absolute Gasteiger partial charge is 0.352 e. The normalized spacial score (nSPS) is 12.0. The van der Waals surface area contributed by atoms with E-state index in [1.165, 1.54) is 29.6 Å². The van der Waals surface area contributed by atoms with E-state index in [0.29, 0.717) is 5.69 Å². The summed E-state index contributed by atoms with van der Waals surface area (Å²) in [7, 11) is -2.26. The van der Waals surface area contributed by atoms with Crippen molar-refractivity contribution in [3.8, 4) is 0 Å². The number of thiophene rings is 1. The van der Waals surface area contributed by atoms with Gasteiger partial charge in [-0.15, -0.1) is 0 Å². The van der Waals surface area contributed by atoms with Crippen LogP contribution in [0.1, 0.15) is 27.3 Å². The van der Waals surface area contributed by atoms with Crippen molar-refractivity contribution < 1.29 is 18.3 Å². The molecule has 0 fully saturated rings. The molecule has 0 aliphatic carbocycles. The fourth-order valence-corrected chi connectivity index (χ4v) is 4.43. The molecule has 6 nitrogen and oxygen atoms in total. The number of nitrogens with zero attached hydrogens (tertiary/aromatic N) is 1. The van der Waals surface area contributed by atoms with Crippen LogP contribution >= 0.6 is 11.3 Å². The van der Waals surface area contributed by atoms with E-state index in [0.717, 1.165) is 5.56 Å². The van der Waals surface area contributed by atoms with Crippen LogP contribution < -0.4 is 0 Å². The Labute approximate surface area is 127 Å². The van der Waals surface area contributed by atoms with Crippen LogP contribution in [0.5, 0.6) is 0 Å². The summed E-state index contributed by atoms with van der Waals surface area (Å²) in [4.78, 5) is 13.8. The second-order valence-corrected chi connectivity index (χ2v) is 7.54. The van der Waals surface area contributed by atoms with E-state index >= 15 is 0 Å². The number of H-pyrrole nitrogens is 1. The summed E-state index contributed by atoms with van der Waals surface area (Å²) >= 11 is 1.50. The molecular formula is C13H16N2O4S2. The van der Waals surface area contributed by atoms with E-state index in [9.17, 15) is 13.2 Å². The highest BCUT2D eigenvalue weighted by molar-refractivity contribution is 7.89. The summed E-state index contributed by atoms with van der Waals surface area (Å²) < 4.78 is 26.5. The van der Waals surface area contributed by atoms with Crippen molar-refractivity contribution in [3.63, 3.8) is 0 Å². The quantitative estimate of drug-likeness (QED) is 0.880. The second-order valence-electron chi connectivity index (χ2n) is 4.78. The van der Waals surface area contributed by atoms with Crippen molar-refractivity contribution in [3.05, 3.63) is 39.3 Å². The molecule has 0 amide bonds. The van der Waals surface area contributed by atoms with E-state index in [-0.39, 0.29) is 22.7 Å². The summed E-state index contributed by atoms with van der Waals surface area (Å²) in [6, 6.07) is 1.86. The molecule has 114 valence electrons. The fourth-order valence-electron chi connectivity index (χ4n) is 2.21. The van der Waals surface area contributed by atoms with Crippen LogP contribution in [0.25, 0.3) is 0 Å². The van der Waals surface area contributed by atoms with Crippen molar-refractivity contribution in [2.75, 3.05) is 7.05 Å². The molecule has 0 aliphatic rings.